The van der Waals surface area contributed by atoms with Crippen molar-refractivity contribution in [1.82, 2.24) is 10.0 Å². The molecular formula is C27H35N3O4S. The highest BCUT2D eigenvalue weighted by atomic mass is 32.2. The summed E-state index contributed by atoms with van der Waals surface area (Å²) in [6, 6.07) is 15.0. The number of hydrogen-bond acceptors (Lipinski definition) is 4. The normalized spacial score (nSPS) is 21.3. The fourth-order valence-electron chi connectivity index (χ4n) is 4.96. The van der Waals surface area contributed by atoms with Crippen LogP contribution in [-0.4, -0.2) is 33.3 Å². The fourth-order valence-corrected chi connectivity index (χ4v) is 6.12. The van der Waals surface area contributed by atoms with Crippen LogP contribution in [0.2, 0.25) is 0 Å². The molecule has 4 rings (SSSR count). The van der Waals surface area contributed by atoms with E-state index < -0.39 is 10.0 Å². The van der Waals surface area contributed by atoms with E-state index in [1.54, 1.807) is 18.2 Å². The van der Waals surface area contributed by atoms with Gasteiger partial charge in [0.2, 0.25) is 21.8 Å². The van der Waals surface area contributed by atoms with E-state index in [9.17, 15) is 18.0 Å². The predicted molar refractivity (Wildman–Crippen MR) is 137 cm³/mol. The number of amides is 2. The molecule has 1 atom stereocenters. The van der Waals surface area contributed by atoms with E-state index in [0.717, 1.165) is 31.2 Å². The number of carbonyl (C=O) groups excluding carboxylic acids is 2. The van der Waals surface area contributed by atoms with Crippen molar-refractivity contribution in [3.05, 3.63) is 59.7 Å². The second-order valence-corrected chi connectivity index (χ2v) is 11.6. The highest BCUT2D eigenvalue weighted by Gasteiger charge is 2.28. The summed E-state index contributed by atoms with van der Waals surface area (Å²) in [4.78, 5) is 24.6. The molecule has 1 saturated carbocycles. The lowest BCUT2D eigenvalue weighted by atomic mass is 9.81. The number of fused-ring (bicyclic) bond motifs is 1. The number of carbonyl (C=O) groups is 2. The number of benzene rings is 2. The summed E-state index contributed by atoms with van der Waals surface area (Å²) in [7, 11) is -3.63. The molecule has 0 bridgehead atoms. The second-order valence-electron chi connectivity index (χ2n) is 9.85. The van der Waals surface area contributed by atoms with Gasteiger partial charge in [0.25, 0.3) is 0 Å². The summed E-state index contributed by atoms with van der Waals surface area (Å²) in [6.07, 6.45) is 5.02. The topological polar surface area (TPSA) is 104 Å². The molecule has 0 saturated heterocycles. The highest BCUT2D eigenvalue weighted by Crippen LogP contribution is 2.30. The van der Waals surface area contributed by atoms with Crippen molar-refractivity contribution < 1.29 is 18.0 Å². The summed E-state index contributed by atoms with van der Waals surface area (Å²) in [5.41, 5.74) is 2.76. The summed E-state index contributed by atoms with van der Waals surface area (Å²) in [5.74, 6) is 0.536. The Bertz CT molecular complexity index is 1140. The van der Waals surface area contributed by atoms with Gasteiger partial charge in [-0.2, -0.15) is 0 Å². The van der Waals surface area contributed by atoms with Gasteiger partial charge in [0, 0.05) is 31.1 Å². The van der Waals surface area contributed by atoms with Gasteiger partial charge < -0.3 is 10.6 Å². The lowest BCUT2D eigenvalue weighted by molar-refractivity contribution is -0.126. The Hall–Kier alpha value is -2.71. The molecule has 7 nitrogen and oxygen atoms in total. The van der Waals surface area contributed by atoms with E-state index in [4.69, 9.17) is 0 Å². The first kappa shape index (κ1) is 25.4. The fraction of sp³-hybridized carbons (Fsp3) is 0.481. The summed E-state index contributed by atoms with van der Waals surface area (Å²) < 4.78 is 28.5. The zero-order valence-electron chi connectivity index (χ0n) is 20.3. The molecule has 188 valence electrons. The van der Waals surface area contributed by atoms with E-state index in [1.807, 2.05) is 18.2 Å². The Morgan fingerprint density at radius 3 is 2.54 bits per heavy atom. The van der Waals surface area contributed by atoms with Crippen LogP contribution < -0.4 is 15.4 Å². The summed E-state index contributed by atoms with van der Waals surface area (Å²) in [6.45, 7) is 3.10. The van der Waals surface area contributed by atoms with Crippen molar-refractivity contribution >= 4 is 27.5 Å². The van der Waals surface area contributed by atoms with Gasteiger partial charge in [-0.3, -0.25) is 9.59 Å². The molecule has 0 spiro atoms. The number of rotatable bonds is 8. The maximum absolute atomic E-state index is 12.9. The summed E-state index contributed by atoms with van der Waals surface area (Å²) >= 11 is 0. The molecule has 0 radical (unpaired) electrons. The van der Waals surface area contributed by atoms with Crippen LogP contribution >= 0.6 is 0 Å². The third kappa shape index (κ3) is 6.70. The highest BCUT2D eigenvalue weighted by molar-refractivity contribution is 7.89. The lowest BCUT2D eigenvalue weighted by Gasteiger charge is -2.28. The maximum atomic E-state index is 12.9. The number of sulfonamides is 1. The molecule has 1 heterocycles. The van der Waals surface area contributed by atoms with Crippen LogP contribution in [0.5, 0.6) is 0 Å². The number of aryl methyl sites for hydroxylation is 1. The largest absolute Gasteiger partial charge is 0.355 e. The van der Waals surface area contributed by atoms with Gasteiger partial charge in [-0.15, -0.1) is 0 Å². The van der Waals surface area contributed by atoms with E-state index in [-0.39, 0.29) is 34.5 Å². The second kappa shape index (κ2) is 11.4. The van der Waals surface area contributed by atoms with Gasteiger partial charge in [0.05, 0.1) is 4.90 Å². The Labute approximate surface area is 208 Å². The van der Waals surface area contributed by atoms with Crippen molar-refractivity contribution in [2.75, 3.05) is 18.4 Å². The van der Waals surface area contributed by atoms with Gasteiger partial charge in [-0.25, -0.2) is 13.1 Å². The lowest BCUT2D eigenvalue weighted by Crippen LogP contribution is -2.37. The van der Waals surface area contributed by atoms with E-state index in [2.05, 4.69) is 34.4 Å². The van der Waals surface area contributed by atoms with Crippen LogP contribution in [0, 0.1) is 11.8 Å². The predicted octanol–water partition coefficient (Wildman–Crippen LogP) is 3.97. The zero-order chi connectivity index (χ0) is 24.8. The van der Waals surface area contributed by atoms with E-state index in [0.29, 0.717) is 38.0 Å². The van der Waals surface area contributed by atoms with E-state index in [1.165, 1.54) is 5.56 Å². The molecule has 0 unspecified atom stereocenters. The van der Waals surface area contributed by atoms with Crippen LogP contribution in [0.15, 0.2) is 53.4 Å². The molecular weight excluding hydrogens is 462 g/mol. The van der Waals surface area contributed by atoms with Gasteiger partial charge in [-0.05, 0) is 79.7 Å². The molecule has 1 fully saturated rings. The smallest absolute Gasteiger partial charge is 0.240 e. The maximum Gasteiger partial charge on any atom is 0.240 e. The SMILES string of the molecule is C[C@@H](CNC(=O)C1CCC(CNS(=O)(=O)c2ccc3c(c2)CCCC(=O)N3)CC1)c1ccccc1. The van der Waals surface area contributed by atoms with Crippen molar-refractivity contribution in [2.45, 2.75) is 62.7 Å². The first-order valence-corrected chi connectivity index (χ1v) is 14.1. The Kier molecular flexibility index (Phi) is 8.23. The van der Waals surface area contributed by atoms with Crippen LogP contribution in [0.4, 0.5) is 5.69 Å². The Morgan fingerprint density at radius 2 is 1.80 bits per heavy atom. The molecule has 35 heavy (non-hydrogen) atoms. The third-order valence-electron chi connectivity index (χ3n) is 7.24. The third-order valence-corrected chi connectivity index (χ3v) is 8.66. The van der Waals surface area contributed by atoms with Crippen LogP contribution in [0.3, 0.4) is 0 Å². The standard InChI is InChI=1S/C27H35N3O4S/c1-19(21-6-3-2-4-7-21)17-28-27(32)22-12-10-20(11-13-22)18-29-35(33,34)24-14-15-25-23(16-24)8-5-9-26(31)30-25/h2-4,6-7,14-16,19-20,22,29H,5,8-13,17-18H2,1H3,(H,28,32)(H,30,31)/t19-,20?,22?/m0/s1. The van der Waals surface area contributed by atoms with Gasteiger partial charge in [0.1, 0.15) is 0 Å². The average Bonchev–Trinajstić information content (AvgIpc) is 3.06. The monoisotopic (exact) mass is 497 g/mol. The van der Waals surface area contributed by atoms with Crippen molar-refractivity contribution in [3.63, 3.8) is 0 Å². The van der Waals surface area contributed by atoms with E-state index >= 15 is 0 Å². The average molecular weight is 498 g/mol. The Morgan fingerprint density at radius 1 is 1.06 bits per heavy atom. The van der Waals surface area contributed by atoms with Gasteiger partial charge in [0.15, 0.2) is 0 Å². The minimum atomic E-state index is -3.63. The molecule has 3 N–H and O–H groups in total. The van der Waals surface area contributed by atoms with Crippen LogP contribution in [0.1, 0.15) is 62.5 Å². The molecule has 1 aliphatic heterocycles. The quantitative estimate of drug-likeness (QED) is 0.513. The minimum Gasteiger partial charge on any atom is -0.355 e. The molecule has 0 aromatic heterocycles. The van der Waals surface area contributed by atoms with Gasteiger partial charge >= 0.3 is 0 Å². The molecule has 2 amide bonds. The first-order valence-electron chi connectivity index (χ1n) is 12.6. The molecule has 8 heteroatoms. The molecule has 1 aliphatic carbocycles. The molecule has 2 aromatic carbocycles. The van der Waals surface area contributed by atoms with Crippen molar-refractivity contribution in [3.8, 4) is 0 Å². The summed E-state index contributed by atoms with van der Waals surface area (Å²) in [5, 5.41) is 5.93. The van der Waals surface area contributed by atoms with Crippen LogP contribution in [-0.2, 0) is 26.0 Å². The first-order chi connectivity index (χ1) is 16.8. The van der Waals surface area contributed by atoms with Crippen LogP contribution in [0.25, 0.3) is 0 Å². The number of anilines is 1. The number of hydrogen-bond donors (Lipinski definition) is 3. The van der Waals surface area contributed by atoms with Gasteiger partial charge in [-0.1, -0.05) is 37.3 Å². The van der Waals surface area contributed by atoms with Crippen molar-refractivity contribution in [2.24, 2.45) is 11.8 Å². The zero-order valence-corrected chi connectivity index (χ0v) is 21.1. The molecule has 2 aromatic rings. The Balaban J connectivity index is 1.23. The molecule has 2 aliphatic rings. The van der Waals surface area contributed by atoms with Crippen molar-refractivity contribution in [1.29, 1.82) is 0 Å². The minimum absolute atomic E-state index is 0.00868. The number of nitrogens with one attached hydrogen (secondary N) is 3.